The number of aromatic nitrogens is 3. The summed E-state index contributed by atoms with van der Waals surface area (Å²) in [5.74, 6) is 0. The van der Waals surface area contributed by atoms with Crippen molar-refractivity contribution in [3.8, 4) is 22.3 Å². The highest BCUT2D eigenvalue weighted by Gasteiger charge is 2.13. The first-order valence-corrected chi connectivity index (χ1v) is 10.8. The molecule has 2 N–H and O–H groups in total. The molecule has 7 aromatic rings. The lowest BCUT2D eigenvalue weighted by Crippen LogP contribution is -1.86. The van der Waals surface area contributed by atoms with Gasteiger partial charge in [-0.05, 0) is 18.2 Å². The smallest absolute Gasteiger partial charge is 0.0545 e. The van der Waals surface area contributed by atoms with Crippen LogP contribution in [0.4, 0.5) is 0 Å². The zero-order valence-corrected chi connectivity index (χ0v) is 17.3. The van der Waals surface area contributed by atoms with E-state index in [1.54, 1.807) is 0 Å². The molecule has 4 aromatic carbocycles. The van der Waals surface area contributed by atoms with Crippen LogP contribution in [0, 0.1) is 0 Å². The molecule has 0 atom stereocenters. The van der Waals surface area contributed by atoms with Crippen LogP contribution < -0.4 is 0 Å². The van der Waals surface area contributed by atoms with Crippen LogP contribution in [0.25, 0.3) is 65.9 Å². The molecule has 0 fully saturated rings. The zero-order valence-electron chi connectivity index (χ0n) is 17.3. The Morgan fingerprint density at radius 3 is 1.47 bits per heavy atom. The lowest BCUT2D eigenvalue weighted by atomic mass is 9.98. The van der Waals surface area contributed by atoms with Crippen molar-refractivity contribution in [1.29, 1.82) is 0 Å². The number of nitrogens with one attached hydrogen (secondary N) is 2. The third kappa shape index (κ3) is 2.45. The molecule has 3 heteroatoms. The molecule has 0 saturated carbocycles. The van der Waals surface area contributed by atoms with Gasteiger partial charge in [0.25, 0.3) is 0 Å². The fourth-order valence-corrected chi connectivity index (χ4v) is 4.96. The second-order valence-corrected chi connectivity index (χ2v) is 8.26. The van der Waals surface area contributed by atoms with Crippen molar-refractivity contribution in [3.05, 3.63) is 103 Å². The summed E-state index contributed by atoms with van der Waals surface area (Å²) in [6.07, 6.45) is 3.91. The molecule has 7 rings (SSSR count). The Bertz CT molecular complexity index is 1660. The molecule has 0 unspecified atom stereocenters. The maximum Gasteiger partial charge on any atom is 0.0545 e. The van der Waals surface area contributed by atoms with E-state index in [2.05, 4.69) is 106 Å². The standard InChI is InChI=1S/C29H19N3/c1-3-13-26-22(7-1)24-11-5-9-20(28(24)31-26)18-15-19(17-30-16-18)21-10-6-12-25-23-8-2-4-14-27(23)32-29(21)25/h1-17,31-32H. The van der Waals surface area contributed by atoms with E-state index in [1.165, 1.54) is 21.5 Å². The molecular weight excluding hydrogens is 390 g/mol. The molecule has 3 heterocycles. The van der Waals surface area contributed by atoms with Crippen molar-refractivity contribution in [1.82, 2.24) is 15.0 Å². The monoisotopic (exact) mass is 409 g/mol. The van der Waals surface area contributed by atoms with Crippen LogP contribution in [0.1, 0.15) is 0 Å². The predicted octanol–water partition coefficient (Wildman–Crippen LogP) is 7.68. The van der Waals surface area contributed by atoms with Gasteiger partial charge in [0, 0.05) is 67.2 Å². The van der Waals surface area contributed by atoms with Gasteiger partial charge < -0.3 is 9.97 Å². The number of H-pyrrole nitrogens is 2. The third-order valence-corrected chi connectivity index (χ3v) is 6.44. The van der Waals surface area contributed by atoms with Crippen molar-refractivity contribution >= 4 is 43.6 Å². The topological polar surface area (TPSA) is 44.5 Å². The number of pyridine rings is 1. The zero-order chi connectivity index (χ0) is 21.1. The maximum atomic E-state index is 4.63. The molecule has 0 saturated heterocycles. The van der Waals surface area contributed by atoms with Crippen LogP contribution in [0.2, 0.25) is 0 Å². The van der Waals surface area contributed by atoms with Gasteiger partial charge in [0.2, 0.25) is 0 Å². The van der Waals surface area contributed by atoms with E-state index in [0.717, 1.165) is 44.3 Å². The van der Waals surface area contributed by atoms with Crippen LogP contribution in [0.5, 0.6) is 0 Å². The summed E-state index contributed by atoms with van der Waals surface area (Å²) >= 11 is 0. The van der Waals surface area contributed by atoms with E-state index in [4.69, 9.17) is 0 Å². The Balaban J connectivity index is 1.45. The predicted molar refractivity (Wildman–Crippen MR) is 134 cm³/mol. The molecule has 3 nitrogen and oxygen atoms in total. The Labute approximate surface area is 184 Å². The summed E-state index contributed by atoms with van der Waals surface area (Å²) in [6.45, 7) is 0. The minimum Gasteiger partial charge on any atom is -0.354 e. The van der Waals surface area contributed by atoms with Crippen molar-refractivity contribution in [2.24, 2.45) is 0 Å². The molecule has 3 aromatic heterocycles. The number of hydrogen-bond acceptors (Lipinski definition) is 1. The van der Waals surface area contributed by atoms with E-state index < -0.39 is 0 Å². The van der Waals surface area contributed by atoms with E-state index >= 15 is 0 Å². The van der Waals surface area contributed by atoms with Gasteiger partial charge in [-0.1, -0.05) is 72.8 Å². The van der Waals surface area contributed by atoms with Crippen molar-refractivity contribution in [2.75, 3.05) is 0 Å². The minimum absolute atomic E-state index is 1.10. The van der Waals surface area contributed by atoms with Gasteiger partial charge in [-0.25, -0.2) is 0 Å². The summed E-state index contributed by atoms with van der Waals surface area (Å²) < 4.78 is 0. The van der Waals surface area contributed by atoms with Crippen LogP contribution in [0.15, 0.2) is 103 Å². The lowest BCUT2D eigenvalue weighted by Gasteiger charge is -2.08. The first-order valence-electron chi connectivity index (χ1n) is 10.8. The van der Waals surface area contributed by atoms with Crippen molar-refractivity contribution in [3.63, 3.8) is 0 Å². The Morgan fingerprint density at radius 1 is 0.469 bits per heavy atom. The Hall–Kier alpha value is -4.37. The van der Waals surface area contributed by atoms with Gasteiger partial charge in [-0.3, -0.25) is 4.98 Å². The van der Waals surface area contributed by atoms with Crippen LogP contribution in [0.3, 0.4) is 0 Å². The molecule has 0 radical (unpaired) electrons. The van der Waals surface area contributed by atoms with Crippen LogP contribution in [-0.2, 0) is 0 Å². The lowest BCUT2D eigenvalue weighted by molar-refractivity contribution is 1.33. The van der Waals surface area contributed by atoms with Crippen LogP contribution >= 0.6 is 0 Å². The van der Waals surface area contributed by atoms with E-state index in [0.29, 0.717) is 0 Å². The van der Waals surface area contributed by atoms with Crippen molar-refractivity contribution in [2.45, 2.75) is 0 Å². The number of hydrogen-bond donors (Lipinski definition) is 2. The van der Waals surface area contributed by atoms with Gasteiger partial charge in [0.05, 0.1) is 11.0 Å². The summed E-state index contributed by atoms with van der Waals surface area (Å²) in [4.78, 5) is 11.9. The first-order chi connectivity index (χ1) is 15.9. The van der Waals surface area contributed by atoms with E-state index in [-0.39, 0.29) is 0 Å². The molecule has 32 heavy (non-hydrogen) atoms. The number of para-hydroxylation sites is 4. The van der Waals surface area contributed by atoms with Gasteiger partial charge in [0.1, 0.15) is 0 Å². The van der Waals surface area contributed by atoms with Gasteiger partial charge in [0.15, 0.2) is 0 Å². The quantitative estimate of drug-likeness (QED) is 0.302. The fraction of sp³-hybridized carbons (Fsp3) is 0. The average molecular weight is 409 g/mol. The molecule has 0 bridgehead atoms. The van der Waals surface area contributed by atoms with Crippen molar-refractivity contribution < 1.29 is 0 Å². The minimum atomic E-state index is 1.10. The molecule has 0 aliphatic carbocycles. The second kappa shape index (κ2) is 6.56. The highest BCUT2D eigenvalue weighted by Crippen LogP contribution is 2.36. The van der Waals surface area contributed by atoms with Gasteiger partial charge in [-0.15, -0.1) is 0 Å². The molecule has 0 amide bonds. The fourth-order valence-electron chi connectivity index (χ4n) is 4.96. The number of fused-ring (bicyclic) bond motifs is 6. The average Bonchev–Trinajstić information content (AvgIpc) is 3.42. The van der Waals surface area contributed by atoms with Gasteiger partial charge in [-0.2, -0.15) is 0 Å². The molecular formula is C29H19N3. The number of aromatic amines is 2. The van der Waals surface area contributed by atoms with Crippen LogP contribution in [-0.4, -0.2) is 15.0 Å². The Morgan fingerprint density at radius 2 is 0.938 bits per heavy atom. The van der Waals surface area contributed by atoms with Gasteiger partial charge >= 0.3 is 0 Å². The molecule has 0 aliphatic heterocycles. The Kier molecular flexibility index (Phi) is 3.55. The second-order valence-electron chi connectivity index (χ2n) is 8.26. The highest BCUT2D eigenvalue weighted by atomic mass is 14.7. The largest absolute Gasteiger partial charge is 0.354 e. The SMILES string of the molecule is c1ccc2c(c1)[nH]c1c(-c3cncc(-c4cccc5c4[nH]c4ccccc45)c3)cccc12. The number of benzene rings is 4. The van der Waals surface area contributed by atoms with E-state index in [9.17, 15) is 0 Å². The summed E-state index contributed by atoms with van der Waals surface area (Å²) in [5, 5.41) is 4.97. The third-order valence-electron chi connectivity index (χ3n) is 6.44. The molecule has 0 aliphatic rings. The number of rotatable bonds is 2. The maximum absolute atomic E-state index is 4.63. The first kappa shape index (κ1) is 17.3. The summed E-state index contributed by atoms with van der Waals surface area (Å²) in [6, 6.07) is 32.1. The summed E-state index contributed by atoms with van der Waals surface area (Å²) in [7, 11) is 0. The van der Waals surface area contributed by atoms with E-state index in [1.807, 2.05) is 12.4 Å². The summed E-state index contributed by atoms with van der Waals surface area (Å²) in [5.41, 5.74) is 9.14. The highest BCUT2D eigenvalue weighted by molar-refractivity contribution is 6.13. The normalized spacial score (nSPS) is 11.8. The number of nitrogens with zero attached hydrogens (tertiary/aromatic N) is 1. The molecule has 0 spiro atoms. The molecule has 150 valence electrons.